The molecule has 31 heavy (non-hydrogen) atoms. The molecule has 0 bridgehead atoms. The number of hydrogen-bond acceptors (Lipinski definition) is 3. The minimum absolute atomic E-state index is 0.0185. The van der Waals surface area contributed by atoms with E-state index in [-0.39, 0.29) is 17.9 Å². The molecule has 3 N–H and O–H groups in total. The van der Waals surface area contributed by atoms with E-state index in [1.165, 1.54) is 16.7 Å². The van der Waals surface area contributed by atoms with Gasteiger partial charge in [0.15, 0.2) is 0 Å². The second-order valence-corrected chi connectivity index (χ2v) is 8.74. The zero-order chi connectivity index (χ0) is 21.8. The zero-order valence-corrected chi connectivity index (χ0v) is 18.3. The lowest BCUT2D eigenvalue weighted by Crippen LogP contribution is -2.32. The highest BCUT2D eigenvalue weighted by Crippen LogP contribution is 2.34. The molecular weight excluding hydrogens is 386 g/mol. The van der Waals surface area contributed by atoms with Crippen LogP contribution in [0.3, 0.4) is 0 Å². The molecule has 3 aromatic rings. The van der Waals surface area contributed by atoms with E-state index >= 15 is 0 Å². The van der Waals surface area contributed by atoms with Crippen LogP contribution in [-0.4, -0.2) is 33.6 Å². The van der Waals surface area contributed by atoms with Crippen LogP contribution in [0.2, 0.25) is 0 Å². The van der Waals surface area contributed by atoms with Crippen molar-refractivity contribution in [3.63, 3.8) is 0 Å². The molecule has 1 atom stereocenters. The topological polar surface area (TPSA) is 78.0 Å². The first-order valence-electron chi connectivity index (χ1n) is 11.1. The van der Waals surface area contributed by atoms with E-state index in [1.807, 2.05) is 24.4 Å². The number of H-pyrrole nitrogens is 1. The van der Waals surface area contributed by atoms with Crippen molar-refractivity contribution < 1.29 is 9.90 Å². The summed E-state index contributed by atoms with van der Waals surface area (Å²) in [4.78, 5) is 20.4. The Morgan fingerprint density at radius 2 is 1.94 bits per heavy atom. The van der Waals surface area contributed by atoms with Crippen LogP contribution in [0.25, 0.3) is 0 Å². The molecule has 4 rings (SSSR count). The van der Waals surface area contributed by atoms with Crippen LogP contribution >= 0.6 is 0 Å². The van der Waals surface area contributed by atoms with Gasteiger partial charge in [0, 0.05) is 24.0 Å². The normalized spacial score (nSPS) is 19.7. The number of aliphatic hydroxyl groups excluding tert-OH is 1. The van der Waals surface area contributed by atoms with Crippen LogP contribution in [0.4, 0.5) is 0 Å². The summed E-state index contributed by atoms with van der Waals surface area (Å²) in [7, 11) is 0. The van der Waals surface area contributed by atoms with Gasteiger partial charge < -0.3 is 15.4 Å². The molecule has 1 amide bonds. The van der Waals surface area contributed by atoms with Gasteiger partial charge in [-0.25, -0.2) is 4.98 Å². The Hall–Kier alpha value is -2.92. The van der Waals surface area contributed by atoms with Crippen LogP contribution in [0.15, 0.2) is 55.0 Å². The fourth-order valence-corrected chi connectivity index (χ4v) is 4.59. The van der Waals surface area contributed by atoms with Crippen molar-refractivity contribution in [3.05, 3.63) is 88.5 Å². The number of aromatic amines is 1. The molecule has 2 aromatic carbocycles. The Labute approximate surface area is 183 Å². The van der Waals surface area contributed by atoms with Gasteiger partial charge in [-0.3, -0.25) is 4.79 Å². The first kappa shape index (κ1) is 21.3. The van der Waals surface area contributed by atoms with Crippen molar-refractivity contribution in [2.75, 3.05) is 6.54 Å². The lowest BCUT2D eigenvalue weighted by molar-refractivity contribution is 0.0910. The second-order valence-electron chi connectivity index (χ2n) is 8.74. The molecule has 0 saturated heterocycles. The molecule has 1 unspecified atom stereocenters. The minimum atomic E-state index is -0.173. The molecule has 1 aliphatic rings. The highest BCUT2D eigenvalue weighted by molar-refractivity contribution is 5.94. The maximum Gasteiger partial charge on any atom is 0.251 e. The molecule has 1 saturated carbocycles. The predicted molar refractivity (Wildman–Crippen MR) is 122 cm³/mol. The van der Waals surface area contributed by atoms with Crippen molar-refractivity contribution >= 4 is 5.91 Å². The third-order valence-electron chi connectivity index (χ3n) is 6.64. The van der Waals surface area contributed by atoms with Crippen LogP contribution in [0, 0.1) is 19.8 Å². The quantitative estimate of drug-likeness (QED) is 0.553. The molecule has 1 heterocycles. The van der Waals surface area contributed by atoms with Gasteiger partial charge in [-0.2, -0.15) is 0 Å². The van der Waals surface area contributed by atoms with Crippen molar-refractivity contribution in [3.8, 4) is 0 Å². The van der Waals surface area contributed by atoms with Gasteiger partial charge in [0.05, 0.1) is 18.3 Å². The molecule has 1 fully saturated rings. The van der Waals surface area contributed by atoms with Gasteiger partial charge in [-0.05, 0) is 79.8 Å². The van der Waals surface area contributed by atoms with Crippen molar-refractivity contribution in [2.45, 2.75) is 51.6 Å². The zero-order valence-electron chi connectivity index (χ0n) is 18.3. The third kappa shape index (κ3) is 4.88. The molecule has 0 radical (unpaired) electrons. The maximum atomic E-state index is 12.9. The van der Waals surface area contributed by atoms with Crippen LogP contribution in [0.1, 0.15) is 69.9 Å². The molecule has 162 valence electrons. The van der Waals surface area contributed by atoms with Gasteiger partial charge in [0.1, 0.15) is 0 Å². The van der Waals surface area contributed by atoms with Gasteiger partial charge in [0.25, 0.3) is 5.91 Å². The van der Waals surface area contributed by atoms with Gasteiger partial charge in [0.2, 0.25) is 0 Å². The van der Waals surface area contributed by atoms with E-state index in [0.717, 1.165) is 36.9 Å². The van der Waals surface area contributed by atoms with Gasteiger partial charge >= 0.3 is 0 Å². The summed E-state index contributed by atoms with van der Waals surface area (Å²) < 4.78 is 0. The Kier molecular flexibility index (Phi) is 6.52. The highest BCUT2D eigenvalue weighted by atomic mass is 16.3. The molecule has 0 spiro atoms. The van der Waals surface area contributed by atoms with E-state index in [2.05, 4.69) is 53.4 Å². The molecule has 0 aliphatic heterocycles. The van der Waals surface area contributed by atoms with Gasteiger partial charge in [-0.1, -0.05) is 30.3 Å². The summed E-state index contributed by atoms with van der Waals surface area (Å²) in [5, 5.41) is 12.8. The summed E-state index contributed by atoms with van der Waals surface area (Å²) in [5.41, 5.74) is 6.44. The molecular formula is C26H31N3O2. The number of benzene rings is 2. The monoisotopic (exact) mass is 417 g/mol. The van der Waals surface area contributed by atoms with Crippen LogP contribution < -0.4 is 5.32 Å². The third-order valence-corrected chi connectivity index (χ3v) is 6.64. The standard InChI is InChI=1S/C26H31N3O2/c1-17-5-3-8-23(18(17)2)25(24-15-27-16-29-24)20-6-4-7-21(13-20)26(31)28-14-19-9-11-22(30)12-10-19/h3-8,13,15-16,19,22,25,30H,9-12,14H2,1-2H3,(H,27,29)(H,28,31). The van der Waals surface area contributed by atoms with Gasteiger partial charge in [-0.15, -0.1) is 0 Å². The summed E-state index contributed by atoms with van der Waals surface area (Å²) >= 11 is 0. The molecule has 5 heteroatoms. The van der Waals surface area contributed by atoms with E-state index in [1.54, 1.807) is 6.33 Å². The number of nitrogens with one attached hydrogen (secondary N) is 2. The van der Waals surface area contributed by atoms with E-state index in [0.29, 0.717) is 18.0 Å². The van der Waals surface area contributed by atoms with Crippen molar-refractivity contribution in [1.82, 2.24) is 15.3 Å². The fourth-order valence-electron chi connectivity index (χ4n) is 4.59. The number of hydrogen-bond donors (Lipinski definition) is 3. The largest absolute Gasteiger partial charge is 0.393 e. The lowest BCUT2D eigenvalue weighted by atomic mass is 9.84. The van der Waals surface area contributed by atoms with Crippen molar-refractivity contribution in [1.29, 1.82) is 0 Å². The second kappa shape index (κ2) is 9.48. The number of carbonyl (C=O) groups excluding carboxylic acids is 1. The summed E-state index contributed by atoms with van der Waals surface area (Å²) in [6.07, 6.45) is 6.98. The maximum absolute atomic E-state index is 12.9. The number of carbonyl (C=O) groups is 1. The Bertz CT molecular complexity index is 1020. The first-order chi connectivity index (χ1) is 15.0. The number of aromatic nitrogens is 2. The highest BCUT2D eigenvalue weighted by Gasteiger charge is 2.23. The Morgan fingerprint density at radius 3 is 2.68 bits per heavy atom. The SMILES string of the molecule is Cc1cccc(C(c2cccc(C(=O)NCC3CCC(O)CC3)c2)c2cnc[nH]2)c1C. The fraction of sp³-hybridized carbons (Fsp3) is 0.385. The van der Waals surface area contributed by atoms with Crippen LogP contribution in [0.5, 0.6) is 0 Å². The summed E-state index contributed by atoms with van der Waals surface area (Å²) in [6, 6.07) is 14.2. The predicted octanol–water partition coefficient (Wildman–Crippen LogP) is 4.49. The Balaban J connectivity index is 1.57. The van der Waals surface area contributed by atoms with Crippen LogP contribution in [-0.2, 0) is 0 Å². The first-order valence-corrected chi connectivity index (χ1v) is 11.1. The van der Waals surface area contributed by atoms with E-state index in [9.17, 15) is 9.90 Å². The number of imidazole rings is 1. The smallest absolute Gasteiger partial charge is 0.251 e. The lowest BCUT2D eigenvalue weighted by Gasteiger charge is -2.25. The number of aliphatic hydroxyl groups is 1. The van der Waals surface area contributed by atoms with E-state index < -0.39 is 0 Å². The number of aryl methyl sites for hydroxylation is 1. The summed E-state index contributed by atoms with van der Waals surface area (Å²) in [5.74, 6) is 0.385. The minimum Gasteiger partial charge on any atom is -0.393 e. The number of amides is 1. The molecule has 1 aliphatic carbocycles. The number of rotatable bonds is 6. The molecule has 1 aromatic heterocycles. The number of nitrogens with zero attached hydrogens (tertiary/aromatic N) is 1. The summed E-state index contributed by atoms with van der Waals surface area (Å²) in [6.45, 7) is 4.93. The Morgan fingerprint density at radius 1 is 1.16 bits per heavy atom. The van der Waals surface area contributed by atoms with Crippen molar-refractivity contribution in [2.24, 2.45) is 5.92 Å². The average molecular weight is 418 g/mol. The molecule has 5 nitrogen and oxygen atoms in total. The van der Waals surface area contributed by atoms with E-state index in [4.69, 9.17) is 0 Å². The average Bonchev–Trinajstić information content (AvgIpc) is 3.31.